The van der Waals surface area contributed by atoms with E-state index < -0.39 is 0 Å². The molecule has 0 aromatic carbocycles. The first-order valence-corrected chi connectivity index (χ1v) is 5.59. The highest BCUT2D eigenvalue weighted by molar-refractivity contribution is 4.81. The van der Waals surface area contributed by atoms with Crippen molar-refractivity contribution < 1.29 is 9.84 Å². The minimum atomic E-state index is -0.199. The van der Waals surface area contributed by atoms with Crippen molar-refractivity contribution in [3.8, 4) is 0 Å². The second kappa shape index (κ2) is 3.97. The smallest absolute Gasteiger partial charge is 0.0838 e. The fraction of sp³-hybridized carbons (Fsp3) is 1.00. The van der Waals surface area contributed by atoms with Crippen molar-refractivity contribution in [2.75, 3.05) is 0 Å². The normalized spacial score (nSPS) is 37.4. The van der Waals surface area contributed by atoms with Crippen LogP contribution in [0.25, 0.3) is 0 Å². The number of ether oxygens (including phenoxy) is 1. The molecule has 1 aliphatic carbocycles. The number of rotatable bonds is 3. The molecule has 1 saturated heterocycles. The number of aliphatic hydroxyl groups excluding tert-OH is 1. The quantitative estimate of drug-likeness (QED) is 0.728. The van der Waals surface area contributed by atoms with Crippen LogP contribution in [0.15, 0.2) is 0 Å². The van der Waals surface area contributed by atoms with E-state index in [2.05, 4.69) is 6.92 Å². The maximum Gasteiger partial charge on any atom is 0.0838 e. The van der Waals surface area contributed by atoms with Gasteiger partial charge >= 0.3 is 0 Å². The van der Waals surface area contributed by atoms with E-state index >= 15 is 0 Å². The van der Waals surface area contributed by atoms with Crippen molar-refractivity contribution in [3.05, 3.63) is 0 Å². The highest BCUT2D eigenvalue weighted by atomic mass is 16.5. The Morgan fingerprint density at radius 3 is 2.54 bits per heavy atom. The standard InChI is InChI=1S/C11H20O2/c1-8-5-6-11(13-8)10(12)7-9-3-2-4-9/h8-12H,2-7H2,1H3. The molecule has 1 heterocycles. The Balaban J connectivity index is 1.72. The average molecular weight is 184 g/mol. The lowest BCUT2D eigenvalue weighted by molar-refractivity contribution is -0.0418. The van der Waals surface area contributed by atoms with Crippen molar-refractivity contribution >= 4 is 0 Å². The zero-order valence-electron chi connectivity index (χ0n) is 8.41. The maximum atomic E-state index is 9.88. The van der Waals surface area contributed by atoms with Gasteiger partial charge in [-0.05, 0) is 32.1 Å². The topological polar surface area (TPSA) is 29.5 Å². The third kappa shape index (κ3) is 2.23. The molecule has 0 spiro atoms. The molecule has 0 aromatic rings. The molecule has 1 N–H and O–H groups in total. The van der Waals surface area contributed by atoms with Crippen LogP contribution in [0.3, 0.4) is 0 Å². The number of aliphatic hydroxyl groups is 1. The van der Waals surface area contributed by atoms with Crippen LogP contribution in [-0.2, 0) is 4.74 Å². The molecule has 3 atom stereocenters. The molecule has 2 fully saturated rings. The van der Waals surface area contributed by atoms with Gasteiger partial charge in [-0.25, -0.2) is 0 Å². The van der Waals surface area contributed by atoms with Crippen molar-refractivity contribution in [1.29, 1.82) is 0 Å². The molecule has 76 valence electrons. The fourth-order valence-corrected chi connectivity index (χ4v) is 2.34. The zero-order valence-corrected chi connectivity index (χ0v) is 8.41. The first-order chi connectivity index (χ1) is 6.25. The molecule has 0 bridgehead atoms. The summed E-state index contributed by atoms with van der Waals surface area (Å²) >= 11 is 0. The summed E-state index contributed by atoms with van der Waals surface area (Å²) in [5.41, 5.74) is 0. The van der Waals surface area contributed by atoms with Gasteiger partial charge in [0.1, 0.15) is 0 Å². The van der Waals surface area contributed by atoms with Gasteiger partial charge in [-0.15, -0.1) is 0 Å². The summed E-state index contributed by atoms with van der Waals surface area (Å²) in [6, 6.07) is 0. The molecular formula is C11H20O2. The summed E-state index contributed by atoms with van der Waals surface area (Å²) in [7, 11) is 0. The number of hydrogen-bond donors (Lipinski definition) is 1. The van der Waals surface area contributed by atoms with E-state index in [9.17, 15) is 5.11 Å². The third-order valence-corrected chi connectivity index (χ3v) is 3.49. The second-order valence-corrected chi connectivity index (χ2v) is 4.66. The summed E-state index contributed by atoms with van der Waals surface area (Å²) in [6.07, 6.45) is 7.43. The van der Waals surface area contributed by atoms with Crippen LogP contribution in [-0.4, -0.2) is 23.4 Å². The van der Waals surface area contributed by atoms with Crippen LogP contribution >= 0.6 is 0 Å². The zero-order chi connectivity index (χ0) is 9.26. The SMILES string of the molecule is CC1CCC(C(O)CC2CCC2)O1. The van der Waals surface area contributed by atoms with Crippen molar-refractivity contribution in [2.45, 2.75) is 63.8 Å². The highest BCUT2D eigenvalue weighted by Crippen LogP contribution is 2.33. The lowest BCUT2D eigenvalue weighted by Crippen LogP contribution is -2.30. The van der Waals surface area contributed by atoms with Gasteiger partial charge < -0.3 is 9.84 Å². The van der Waals surface area contributed by atoms with Gasteiger partial charge in [0.05, 0.1) is 18.3 Å². The van der Waals surface area contributed by atoms with E-state index in [1.807, 2.05) is 0 Å². The molecule has 13 heavy (non-hydrogen) atoms. The molecule has 1 saturated carbocycles. The molecule has 0 aromatic heterocycles. The fourth-order valence-electron chi connectivity index (χ4n) is 2.34. The van der Waals surface area contributed by atoms with Gasteiger partial charge in [0.25, 0.3) is 0 Å². The molecular weight excluding hydrogens is 164 g/mol. The monoisotopic (exact) mass is 184 g/mol. The Bertz CT molecular complexity index is 165. The Morgan fingerprint density at radius 1 is 1.31 bits per heavy atom. The minimum Gasteiger partial charge on any atom is -0.390 e. The van der Waals surface area contributed by atoms with E-state index in [1.165, 1.54) is 19.3 Å². The Hall–Kier alpha value is -0.0800. The lowest BCUT2D eigenvalue weighted by atomic mass is 9.80. The summed E-state index contributed by atoms with van der Waals surface area (Å²) < 4.78 is 5.64. The van der Waals surface area contributed by atoms with Gasteiger partial charge in [0, 0.05) is 0 Å². The molecule has 2 rings (SSSR count). The Kier molecular flexibility index (Phi) is 2.89. The van der Waals surface area contributed by atoms with E-state index in [0.29, 0.717) is 6.10 Å². The van der Waals surface area contributed by atoms with E-state index in [-0.39, 0.29) is 12.2 Å². The Morgan fingerprint density at radius 2 is 2.08 bits per heavy atom. The van der Waals surface area contributed by atoms with E-state index in [4.69, 9.17) is 4.74 Å². The van der Waals surface area contributed by atoms with Crippen LogP contribution in [0.5, 0.6) is 0 Å². The largest absolute Gasteiger partial charge is 0.390 e. The minimum absolute atomic E-state index is 0.135. The van der Waals surface area contributed by atoms with Crippen molar-refractivity contribution in [1.82, 2.24) is 0 Å². The molecule has 3 unspecified atom stereocenters. The number of hydrogen-bond acceptors (Lipinski definition) is 2. The van der Waals surface area contributed by atoms with E-state index in [1.54, 1.807) is 0 Å². The summed E-state index contributed by atoms with van der Waals surface area (Å²) in [6.45, 7) is 2.09. The Labute approximate surface area is 80.3 Å². The maximum absolute atomic E-state index is 9.88. The van der Waals surface area contributed by atoms with Gasteiger partial charge in [-0.2, -0.15) is 0 Å². The first-order valence-electron chi connectivity index (χ1n) is 5.59. The molecule has 2 heteroatoms. The second-order valence-electron chi connectivity index (χ2n) is 4.66. The van der Waals surface area contributed by atoms with Crippen LogP contribution in [0.2, 0.25) is 0 Å². The molecule has 1 aliphatic heterocycles. The summed E-state index contributed by atoms with van der Waals surface area (Å²) in [5, 5.41) is 9.88. The van der Waals surface area contributed by atoms with Gasteiger partial charge in [0.15, 0.2) is 0 Å². The van der Waals surface area contributed by atoms with Crippen LogP contribution in [0, 0.1) is 5.92 Å². The van der Waals surface area contributed by atoms with Crippen LogP contribution in [0.4, 0.5) is 0 Å². The molecule has 2 aliphatic rings. The summed E-state index contributed by atoms with van der Waals surface area (Å²) in [5.74, 6) is 0.787. The lowest BCUT2D eigenvalue weighted by Gasteiger charge is -2.29. The predicted octanol–water partition coefficient (Wildman–Crippen LogP) is 2.10. The molecule has 0 amide bonds. The van der Waals surface area contributed by atoms with Crippen LogP contribution in [0.1, 0.15) is 45.4 Å². The predicted molar refractivity (Wildman–Crippen MR) is 51.5 cm³/mol. The van der Waals surface area contributed by atoms with Crippen molar-refractivity contribution in [2.24, 2.45) is 5.92 Å². The highest BCUT2D eigenvalue weighted by Gasteiger charge is 2.31. The summed E-state index contributed by atoms with van der Waals surface area (Å²) in [4.78, 5) is 0. The van der Waals surface area contributed by atoms with Gasteiger partial charge in [-0.1, -0.05) is 19.3 Å². The third-order valence-electron chi connectivity index (χ3n) is 3.49. The average Bonchev–Trinajstić information content (AvgIpc) is 2.44. The molecule has 2 nitrogen and oxygen atoms in total. The van der Waals surface area contributed by atoms with Gasteiger partial charge in [-0.3, -0.25) is 0 Å². The molecule has 0 radical (unpaired) electrons. The van der Waals surface area contributed by atoms with E-state index in [0.717, 1.165) is 25.2 Å². The first kappa shape index (κ1) is 9.47. The van der Waals surface area contributed by atoms with Gasteiger partial charge in [0.2, 0.25) is 0 Å². The van der Waals surface area contributed by atoms with Crippen molar-refractivity contribution in [3.63, 3.8) is 0 Å². The van der Waals surface area contributed by atoms with Crippen LogP contribution < -0.4 is 0 Å².